The third-order valence-electron chi connectivity index (χ3n) is 4.75. The summed E-state index contributed by atoms with van der Waals surface area (Å²) >= 11 is 0. The molecule has 0 atom stereocenters. The van der Waals surface area contributed by atoms with Crippen molar-refractivity contribution < 1.29 is 0 Å². The van der Waals surface area contributed by atoms with E-state index in [1.807, 2.05) is 56.3 Å². The van der Waals surface area contributed by atoms with E-state index in [-0.39, 0.29) is 5.56 Å². The molecule has 0 fully saturated rings. The molecular weight excluding hydrogens is 350 g/mol. The second-order valence-electron chi connectivity index (χ2n) is 6.74. The number of rotatable bonds is 5. The fraction of sp³-hybridized carbons (Fsp3) is 0.182. The van der Waals surface area contributed by atoms with Gasteiger partial charge in [0, 0.05) is 16.6 Å². The second-order valence-corrected chi connectivity index (χ2v) is 6.74. The van der Waals surface area contributed by atoms with Crippen molar-refractivity contribution in [2.45, 2.75) is 26.7 Å². The first kappa shape index (κ1) is 17.9. The molecule has 140 valence electrons. The maximum absolute atomic E-state index is 12.6. The van der Waals surface area contributed by atoms with Crippen molar-refractivity contribution >= 4 is 22.8 Å². The zero-order valence-corrected chi connectivity index (χ0v) is 15.9. The number of H-pyrrole nitrogens is 1. The molecule has 0 amide bonds. The molecule has 2 N–H and O–H groups in total. The number of aryl methyl sites for hydroxylation is 3. The van der Waals surface area contributed by atoms with Crippen LogP contribution in [-0.2, 0) is 12.8 Å². The maximum atomic E-state index is 12.6. The van der Waals surface area contributed by atoms with E-state index in [4.69, 9.17) is 0 Å². The van der Waals surface area contributed by atoms with Crippen molar-refractivity contribution in [2.75, 3.05) is 5.32 Å². The van der Waals surface area contributed by atoms with Gasteiger partial charge < -0.3 is 0 Å². The van der Waals surface area contributed by atoms with Gasteiger partial charge in [-0.05, 0) is 38.3 Å². The van der Waals surface area contributed by atoms with Crippen molar-refractivity contribution in [3.8, 4) is 0 Å². The number of aromatic amines is 1. The Bertz CT molecular complexity index is 1180. The van der Waals surface area contributed by atoms with E-state index in [0.717, 1.165) is 23.0 Å². The number of benzene rings is 2. The summed E-state index contributed by atoms with van der Waals surface area (Å²) in [6.45, 7) is 3.79. The Morgan fingerprint density at radius 3 is 2.39 bits per heavy atom. The average Bonchev–Trinajstić information content (AvgIpc) is 2.68. The van der Waals surface area contributed by atoms with Gasteiger partial charge >= 0.3 is 0 Å². The molecule has 2 aromatic heterocycles. The molecule has 2 aromatic carbocycles. The van der Waals surface area contributed by atoms with Gasteiger partial charge in [0.25, 0.3) is 5.56 Å². The number of hydrogen-bond acceptors (Lipinski definition) is 5. The van der Waals surface area contributed by atoms with Gasteiger partial charge in [-0.2, -0.15) is 0 Å². The minimum absolute atomic E-state index is 0.136. The van der Waals surface area contributed by atoms with Crippen LogP contribution in [0.2, 0.25) is 0 Å². The smallest absolute Gasteiger partial charge is 0.255 e. The topological polar surface area (TPSA) is 83.6 Å². The Hall–Kier alpha value is -3.54. The van der Waals surface area contributed by atoms with Crippen molar-refractivity contribution in [2.24, 2.45) is 0 Å². The Morgan fingerprint density at radius 1 is 0.857 bits per heavy atom. The van der Waals surface area contributed by atoms with Crippen LogP contribution in [0.25, 0.3) is 10.9 Å². The molecule has 0 aliphatic heterocycles. The molecule has 0 radical (unpaired) electrons. The number of aromatic nitrogens is 4. The number of hydrogen-bond donors (Lipinski definition) is 2. The lowest BCUT2D eigenvalue weighted by Gasteiger charge is -2.10. The lowest BCUT2D eigenvalue weighted by atomic mass is 10.0. The molecule has 0 aliphatic rings. The SMILES string of the molecule is Cc1nc(Nc2nc(C)c3ccccc3n2)[nH]c(=O)c1CCc1ccccc1. The fourth-order valence-electron chi connectivity index (χ4n) is 3.28. The predicted octanol–water partition coefficient (Wildman–Crippen LogP) is 3.86. The largest absolute Gasteiger partial charge is 0.294 e. The Morgan fingerprint density at radius 2 is 1.61 bits per heavy atom. The van der Waals surface area contributed by atoms with E-state index < -0.39 is 0 Å². The summed E-state index contributed by atoms with van der Waals surface area (Å²) in [4.78, 5) is 28.9. The summed E-state index contributed by atoms with van der Waals surface area (Å²) in [7, 11) is 0. The van der Waals surface area contributed by atoms with Crippen LogP contribution in [0.15, 0.2) is 59.4 Å². The van der Waals surface area contributed by atoms with Crippen LogP contribution in [0.3, 0.4) is 0 Å². The molecule has 28 heavy (non-hydrogen) atoms. The molecule has 2 heterocycles. The minimum atomic E-state index is -0.136. The van der Waals surface area contributed by atoms with Crippen LogP contribution in [0.5, 0.6) is 0 Å². The van der Waals surface area contributed by atoms with Crippen molar-refractivity contribution in [1.82, 2.24) is 19.9 Å². The van der Waals surface area contributed by atoms with Crippen LogP contribution < -0.4 is 10.9 Å². The third-order valence-corrected chi connectivity index (χ3v) is 4.75. The standard InChI is InChI=1S/C22H21N5O/c1-14-17-10-6-7-11-19(17)25-21(23-14)27-22-24-15(2)18(20(28)26-22)13-12-16-8-4-3-5-9-16/h3-11H,12-13H2,1-2H3,(H2,23,24,25,26,27,28). The van der Waals surface area contributed by atoms with Crippen LogP contribution in [-0.4, -0.2) is 19.9 Å². The molecule has 4 aromatic rings. The van der Waals surface area contributed by atoms with Gasteiger partial charge in [0.15, 0.2) is 0 Å². The highest BCUT2D eigenvalue weighted by molar-refractivity contribution is 5.81. The molecule has 0 unspecified atom stereocenters. The number of nitrogens with one attached hydrogen (secondary N) is 2. The second kappa shape index (κ2) is 7.60. The minimum Gasteiger partial charge on any atom is -0.294 e. The van der Waals surface area contributed by atoms with Crippen LogP contribution in [0.1, 0.15) is 22.5 Å². The first-order valence-corrected chi connectivity index (χ1v) is 9.24. The van der Waals surface area contributed by atoms with E-state index in [1.54, 1.807) is 0 Å². The molecule has 0 spiro atoms. The van der Waals surface area contributed by atoms with Crippen LogP contribution >= 0.6 is 0 Å². The van der Waals surface area contributed by atoms with E-state index >= 15 is 0 Å². The quantitative estimate of drug-likeness (QED) is 0.557. The molecule has 4 rings (SSSR count). The molecule has 0 aliphatic carbocycles. The van der Waals surface area contributed by atoms with E-state index in [9.17, 15) is 4.79 Å². The fourth-order valence-corrected chi connectivity index (χ4v) is 3.28. The Labute approximate surface area is 162 Å². The summed E-state index contributed by atoms with van der Waals surface area (Å²) in [6, 6.07) is 17.9. The number of para-hydroxylation sites is 1. The van der Waals surface area contributed by atoms with Crippen molar-refractivity contribution in [3.63, 3.8) is 0 Å². The van der Waals surface area contributed by atoms with Gasteiger partial charge in [-0.1, -0.05) is 48.5 Å². The van der Waals surface area contributed by atoms with Crippen molar-refractivity contribution in [1.29, 1.82) is 0 Å². The monoisotopic (exact) mass is 371 g/mol. The Balaban J connectivity index is 1.57. The van der Waals surface area contributed by atoms with Gasteiger partial charge in [0.2, 0.25) is 11.9 Å². The van der Waals surface area contributed by atoms with Gasteiger partial charge in [-0.25, -0.2) is 15.0 Å². The van der Waals surface area contributed by atoms with Crippen LogP contribution in [0, 0.1) is 13.8 Å². The summed E-state index contributed by atoms with van der Waals surface area (Å²) in [5.74, 6) is 0.761. The van der Waals surface area contributed by atoms with E-state index in [2.05, 4.69) is 37.4 Å². The summed E-state index contributed by atoms with van der Waals surface area (Å²) in [5, 5.41) is 4.03. The van der Waals surface area contributed by atoms with E-state index in [1.165, 1.54) is 5.56 Å². The van der Waals surface area contributed by atoms with Gasteiger partial charge in [0.1, 0.15) is 0 Å². The third kappa shape index (κ3) is 3.76. The van der Waals surface area contributed by atoms with E-state index in [0.29, 0.717) is 29.6 Å². The summed E-state index contributed by atoms with van der Waals surface area (Å²) < 4.78 is 0. The predicted molar refractivity (Wildman–Crippen MR) is 111 cm³/mol. The lowest BCUT2D eigenvalue weighted by Crippen LogP contribution is -2.19. The molecule has 0 saturated carbocycles. The van der Waals surface area contributed by atoms with Gasteiger partial charge in [-0.15, -0.1) is 0 Å². The lowest BCUT2D eigenvalue weighted by molar-refractivity contribution is 0.892. The number of nitrogens with zero attached hydrogens (tertiary/aromatic N) is 3. The average molecular weight is 371 g/mol. The Kier molecular flexibility index (Phi) is 4.85. The highest BCUT2D eigenvalue weighted by Crippen LogP contribution is 2.18. The molecule has 6 heteroatoms. The van der Waals surface area contributed by atoms with Crippen molar-refractivity contribution in [3.05, 3.63) is 87.5 Å². The highest BCUT2D eigenvalue weighted by Gasteiger charge is 2.10. The number of anilines is 2. The summed E-state index contributed by atoms with van der Waals surface area (Å²) in [6.07, 6.45) is 1.44. The molecule has 6 nitrogen and oxygen atoms in total. The molecular formula is C22H21N5O. The zero-order valence-electron chi connectivity index (χ0n) is 15.9. The molecule has 0 saturated heterocycles. The molecule has 0 bridgehead atoms. The first-order chi connectivity index (χ1) is 13.6. The zero-order chi connectivity index (χ0) is 19.5. The van der Waals surface area contributed by atoms with Gasteiger partial charge in [-0.3, -0.25) is 15.1 Å². The highest BCUT2D eigenvalue weighted by atomic mass is 16.1. The maximum Gasteiger partial charge on any atom is 0.255 e. The summed E-state index contributed by atoms with van der Waals surface area (Å²) in [5.41, 5.74) is 4.18. The van der Waals surface area contributed by atoms with Crippen LogP contribution in [0.4, 0.5) is 11.9 Å². The van der Waals surface area contributed by atoms with Gasteiger partial charge in [0.05, 0.1) is 11.2 Å². The normalized spacial score (nSPS) is 10.9. The number of fused-ring (bicyclic) bond motifs is 1. The first-order valence-electron chi connectivity index (χ1n) is 9.24.